The molecule has 2 aromatic carbocycles. The molecule has 1 aliphatic rings. The summed E-state index contributed by atoms with van der Waals surface area (Å²) in [6.07, 6.45) is 1.46. The maximum absolute atomic E-state index is 12.9. The number of amides is 3. The number of hydrogen-bond acceptors (Lipinski definition) is 3. The second-order valence-corrected chi connectivity index (χ2v) is 7.41. The largest absolute Gasteiger partial charge is 0.342 e. The standard InChI is InChI=1S/C20H22FN3O2S/c21-15-6-8-18(9-7-15)27-14-19(25)24-12-10-17(11-13-24)23-20(26)22-16-4-2-1-3-5-16/h1-9,17H,10-14H2,(H2,22,23,26). The molecule has 1 saturated heterocycles. The highest BCUT2D eigenvalue weighted by molar-refractivity contribution is 8.00. The molecule has 5 nitrogen and oxygen atoms in total. The van der Waals surface area contributed by atoms with E-state index in [1.54, 1.807) is 12.1 Å². The molecular weight excluding hydrogens is 365 g/mol. The SMILES string of the molecule is O=C(Nc1ccccc1)NC1CCN(C(=O)CSc2ccc(F)cc2)CC1. The highest BCUT2D eigenvalue weighted by atomic mass is 32.2. The molecule has 0 unspecified atom stereocenters. The molecule has 3 amide bonds. The molecule has 1 fully saturated rings. The molecule has 1 aliphatic heterocycles. The molecule has 0 bridgehead atoms. The van der Waals surface area contributed by atoms with Crippen molar-refractivity contribution in [3.05, 3.63) is 60.4 Å². The Morgan fingerprint density at radius 2 is 1.70 bits per heavy atom. The van der Waals surface area contributed by atoms with Crippen LogP contribution in [0, 0.1) is 5.82 Å². The number of carbonyl (C=O) groups excluding carboxylic acids is 2. The number of nitrogens with one attached hydrogen (secondary N) is 2. The van der Waals surface area contributed by atoms with Gasteiger partial charge in [0.25, 0.3) is 0 Å². The van der Waals surface area contributed by atoms with E-state index in [0.717, 1.165) is 23.4 Å². The van der Waals surface area contributed by atoms with Crippen molar-refractivity contribution in [1.29, 1.82) is 0 Å². The van der Waals surface area contributed by atoms with Gasteiger partial charge in [0, 0.05) is 29.7 Å². The zero-order valence-corrected chi connectivity index (χ0v) is 15.7. The fraction of sp³-hybridized carbons (Fsp3) is 0.300. The van der Waals surface area contributed by atoms with E-state index < -0.39 is 0 Å². The lowest BCUT2D eigenvalue weighted by Crippen LogP contribution is -2.48. The van der Waals surface area contributed by atoms with Crippen LogP contribution in [0.3, 0.4) is 0 Å². The Bertz CT molecular complexity index is 763. The number of halogens is 1. The number of piperidine rings is 1. The molecule has 142 valence electrons. The molecule has 1 heterocycles. The van der Waals surface area contributed by atoms with E-state index in [4.69, 9.17) is 0 Å². The zero-order valence-electron chi connectivity index (χ0n) is 14.9. The minimum atomic E-state index is -0.281. The summed E-state index contributed by atoms with van der Waals surface area (Å²) in [7, 11) is 0. The van der Waals surface area contributed by atoms with Crippen LogP contribution < -0.4 is 10.6 Å². The number of urea groups is 1. The first-order valence-corrected chi connectivity index (χ1v) is 9.87. The van der Waals surface area contributed by atoms with Crippen molar-refractivity contribution in [3.8, 4) is 0 Å². The van der Waals surface area contributed by atoms with Gasteiger partial charge in [-0.25, -0.2) is 9.18 Å². The Morgan fingerprint density at radius 3 is 2.37 bits per heavy atom. The van der Waals surface area contributed by atoms with Crippen LogP contribution in [0.15, 0.2) is 59.5 Å². The summed E-state index contributed by atoms with van der Waals surface area (Å²) in [5, 5.41) is 5.77. The normalized spacial score (nSPS) is 14.6. The van der Waals surface area contributed by atoms with E-state index in [-0.39, 0.29) is 23.8 Å². The summed E-state index contributed by atoms with van der Waals surface area (Å²) in [6, 6.07) is 15.3. The van der Waals surface area contributed by atoms with Gasteiger partial charge in [-0.1, -0.05) is 18.2 Å². The first-order chi connectivity index (χ1) is 13.1. The van der Waals surface area contributed by atoms with E-state index in [1.807, 2.05) is 35.2 Å². The first kappa shape index (κ1) is 19.2. The number of para-hydroxylation sites is 1. The van der Waals surface area contributed by atoms with Crippen molar-refractivity contribution in [2.45, 2.75) is 23.8 Å². The molecule has 27 heavy (non-hydrogen) atoms. The second kappa shape index (κ2) is 9.41. The number of thioether (sulfide) groups is 1. The average Bonchev–Trinajstić information content (AvgIpc) is 2.68. The first-order valence-electron chi connectivity index (χ1n) is 8.89. The number of benzene rings is 2. The minimum Gasteiger partial charge on any atom is -0.342 e. The molecule has 0 saturated carbocycles. The van der Waals surface area contributed by atoms with E-state index in [0.29, 0.717) is 18.8 Å². The predicted octanol–water partition coefficient (Wildman–Crippen LogP) is 3.73. The van der Waals surface area contributed by atoms with Gasteiger partial charge in [0.1, 0.15) is 5.82 Å². The lowest BCUT2D eigenvalue weighted by atomic mass is 10.1. The van der Waals surface area contributed by atoms with E-state index in [9.17, 15) is 14.0 Å². The average molecular weight is 387 g/mol. The number of rotatable bonds is 5. The number of anilines is 1. The van der Waals surface area contributed by atoms with Gasteiger partial charge in [0.05, 0.1) is 5.75 Å². The van der Waals surface area contributed by atoms with Crippen molar-refractivity contribution >= 4 is 29.4 Å². The number of carbonyl (C=O) groups is 2. The lowest BCUT2D eigenvalue weighted by Gasteiger charge is -2.32. The van der Waals surface area contributed by atoms with Crippen LogP contribution in [0.4, 0.5) is 14.9 Å². The van der Waals surface area contributed by atoms with E-state index in [1.165, 1.54) is 23.9 Å². The Hall–Kier alpha value is -2.54. The van der Waals surface area contributed by atoms with Gasteiger partial charge in [-0.2, -0.15) is 0 Å². The van der Waals surface area contributed by atoms with Crippen LogP contribution in [0.25, 0.3) is 0 Å². The molecule has 0 spiro atoms. The summed E-state index contributed by atoms with van der Waals surface area (Å²) in [4.78, 5) is 27.1. The third kappa shape index (κ3) is 5.99. The fourth-order valence-electron chi connectivity index (χ4n) is 2.91. The maximum Gasteiger partial charge on any atom is 0.319 e. The third-order valence-corrected chi connectivity index (χ3v) is 5.39. The highest BCUT2D eigenvalue weighted by Crippen LogP contribution is 2.20. The van der Waals surface area contributed by atoms with Crippen molar-refractivity contribution < 1.29 is 14.0 Å². The summed E-state index contributed by atoms with van der Waals surface area (Å²) >= 11 is 1.41. The summed E-state index contributed by atoms with van der Waals surface area (Å²) in [5.41, 5.74) is 0.750. The fourth-order valence-corrected chi connectivity index (χ4v) is 3.72. The van der Waals surface area contributed by atoms with Gasteiger partial charge in [0.2, 0.25) is 5.91 Å². The monoisotopic (exact) mass is 387 g/mol. The van der Waals surface area contributed by atoms with E-state index >= 15 is 0 Å². The maximum atomic E-state index is 12.9. The lowest BCUT2D eigenvalue weighted by molar-refractivity contribution is -0.129. The summed E-state index contributed by atoms with van der Waals surface area (Å²) < 4.78 is 12.9. The molecule has 0 radical (unpaired) electrons. The van der Waals surface area contributed by atoms with Crippen molar-refractivity contribution in [3.63, 3.8) is 0 Å². The molecule has 3 rings (SSSR count). The number of hydrogen-bond donors (Lipinski definition) is 2. The van der Waals surface area contributed by atoms with Crippen LogP contribution >= 0.6 is 11.8 Å². The molecular formula is C20H22FN3O2S. The van der Waals surface area contributed by atoms with Gasteiger partial charge in [-0.3, -0.25) is 4.79 Å². The van der Waals surface area contributed by atoms with Crippen LogP contribution in [0.5, 0.6) is 0 Å². The van der Waals surface area contributed by atoms with Crippen LogP contribution in [-0.4, -0.2) is 41.7 Å². The third-order valence-electron chi connectivity index (χ3n) is 4.39. The molecule has 0 aliphatic carbocycles. The van der Waals surface area contributed by atoms with Gasteiger partial charge < -0.3 is 15.5 Å². The summed E-state index contributed by atoms with van der Waals surface area (Å²) in [6.45, 7) is 1.25. The van der Waals surface area contributed by atoms with Crippen LogP contribution in [0.1, 0.15) is 12.8 Å². The Morgan fingerprint density at radius 1 is 1.04 bits per heavy atom. The molecule has 2 aromatic rings. The second-order valence-electron chi connectivity index (χ2n) is 6.36. The van der Waals surface area contributed by atoms with Crippen molar-refractivity contribution in [1.82, 2.24) is 10.2 Å². The Kier molecular flexibility index (Phi) is 6.70. The summed E-state index contributed by atoms with van der Waals surface area (Å²) in [5.74, 6) is 0.117. The van der Waals surface area contributed by atoms with Crippen molar-refractivity contribution in [2.75, 3.05) is 24.2 Å². The number of nitrogens with zero attached hydrogens (tertiary/aromatic N) is 1. The van der Waals surface area contributed by atoms with Gasteiger partial charge >= 0.3 is 6.03 Å². The molecule has 2 N–H and O–H groups in total. The van der Waals surface area contributed by atoms with E-state index in [2.05, 4.69) is 10.6 Å². The quantitative estimate of drug-likeness (QED) is 0.769. The van der Waals surface area contributed by atoms with Gasteiger partial charge in [-0.05, 0) is 49.2 Å². The molecule has 0 aromatic heterocycles. The topological polar surface area (TPSA) is 61.4 Å². The van der Waals surface area contributed by atoms with Crippen LogP contribution in [0.2, 0.25) is 0 Å². The van der Waals surface area contributed by atoms with Gasteiger partial charge in [0.15, 0.2) is 0 Å². The molecule has 7 heteroatoms. The van der Waals surface area contributed by atoms with Gasteiger partial charge in [-0.15, -0.1) is 11.8 Å². The smallest absolute Gasteiger partial charge is 0.319 e. The highest BCUT2D eigenvalue weighted by Gasteiger charge is 2.23. The minimum absolute atomic E-state index is 0.0579. The van der Waals surface area contributed by atoms with Crippen molar-refractivity contribution in [2.24, 2.45) is 0 Å². The Balaban J connectivity index is 1.38. The van der Waals surface area contributed by atoms with Crippen LogP contribution in [-0.2, 0) is 4.79 Å². The number of likely N-dealkylation sites (tertiary alicyclic amines) is 1. The zero-order chi connectivity index (χ0) is 19.1. The Labute approximate surface area is 162 Å². The predicted molar refractivity (Wildman–Crippen MR) is 105 cm³/mol. The molecule has 0 atom stereocenters.